The van der Waals surface area contributed by atoms with Gasteiger partial charge in [0.1, 0.15) is 0 Å². The van der Waals surface area contributed by atoms with Crippen LogP contribution >= 0.6 is 0 Å². The number of carboxylic acids is 1. The average molecular weight is 920 g/mol. The largest absolute Gasteiger partial charge is 0.490 e. The number of ether oxygens (including phenoxy) is 2. The molecule has 1 atom stereocenters. The number of carbonyl (C=O) groups is 1. The molecular weight excluding hydrogens is 809 g/mol. The van der Waals surface area contributed by atoms with Gasteiger partial charge in [-0.05, 0) is 120 Å². The van der Waals surface area contributed by atoms with Gasteiger partial charge in [-0.2, -0.15) is 0 Å². The molecule has 0 saturated carbocycles. The molecule has 0 heterocycles. The minimum Gasteiger partial charge on any atom is -0.490 e. The number of unbranched alkanes of at least 4 members (excludes halogenated alkanes) is 34. The van der Waals surface area contributed by atoms with Gasteiger partial charge in [-0.25, -0.2) is 0 Å². The molecule has 1 N–H and O–H groups in total. The molecule has 4 nitrogen and oxygen atoms in total. The van der Waals surface area contributed by atoms with E-state index >= 15 is 0 Å². The third-order valence-corrected chi connectivity index (χ3v) is 14.0. The minimum absolute atomic E-state index is 0.563. The van der Waals surface area contributed by atoms with E-state index in [1.807, 2.05) is 25.1 Å². The lowest BCUT2D eigenvalue weighted by Gasteiger charge is -2.30. The van der Waals surface area contributed by atoms with E-state index in [1.165, 1.54) is 212 Å². The zero-order valence-corrected chi connectivity index (χ0v) is 44.5. The molecule has 382 valence electrons. The van der Waals surface area contributed by atoms with Gasteiger partial charge >= 0.3 is 5.97 Å². The van der Waals surface area contributed by atoms with Gasteiger partial charge in [0.15, 0.2) is 11.5 Å². The summed E-state index contributed by atoms with van der Waals surface area (Å²) in [6.07, 6.45) is 66.3. The van der Waals surface area contributed by atoms with Crippen LogP contribution in [0.1, 0.15) is 303 Å². The molecule has 0 radical (unpaired) electrons. The Bertz CT molecular complexity index is 1280. The van der Waals surface area contributed by atoms with E-state index in [4.69, 9.17) is 9.47 Å². The summed E-state index contributed by atoms with van der Waals surface area (Å²) in [4.78, 5) is 13.1. The maximum absolute atomic E-state index is 13.1. The first-order valence-corrected chi connectivity index (χ1v) is 29.1. The van der Waals surface area contributed by atoms with Crippen LogP contribution in [-0.2, 0) is 10.2 Å². The van der Waals surface area contributed by atoms with Gasteiger partial charge in [-0.1, -0.05) is 237 Å². The summed E-state index contributed by atoms with van der Waals surface area (Å²) >= 11 is 0. The van der Waals surface area contributed by atoms with Crippen molar-refractivity contribution in [3.05, 3.63) is 60.2 Å². The van der Waals surface area contributed by atoms with Crippen LogP contribution in [0.2, 0.25) is 0 Å². The molecule has 1 unspecified atom stereocenters. The van der Waals surface area contributed by atoms with E-state index in [2.05, 4.69) is 57.2 Å². The average Bonchev–Trinajstić information content (AvgIpc) is 3.32. The van der Waals surface area contributed by atoms with E-state index in [0.29, 0.717) is 26.1 Å². The van der Waals surface area contributed by atoms with E-state index in [0.717, 1.165) is 62.0 Å². The molecule has 0 bridgehead atoms. The van der Waals surface area contributed by atoms with Gasteiger partial charge in [0.05, 0.1) is 18.6 Å². The van der Waals surface area contributed by atoms with Gasteiger partial charge in [0.2, 0.25) is 0 Å². The topological polar surface area (TPSA) is 55.8 Å². The maximum Gasteiger partial charge on any atom is 0.314 e. The Morgan fingerprint density at radius 2 is 0.712 bits per heavy atom. The fourth-order valence-electron chi connectivity index (χ4n) is 9.33. The number of hydrogen-bond donors (Lipinski definition) is 1. The Hall–Kier alpha value is -2.49. The van der Waals surface area contributed by atoms with Crippen LogP contribution in [0.15, 0.2) is 54.7 Å². The predicted octanol–water partition coefficient (Wildman–Crippen LogP) is 20.9. The molecule has 4 heteroatoms. The summed E-state index contributed by atoms with van der Waals surface area (Å²) < 4.78 is 12.9. The molecule has 0 aromatic heterocycles. The van der Waals surface area contributed by atoms with Crippen molar-refractivity contribution < 1.29 is 19.4 Å². The Labute approximate surface area is 411 Å². The first-order valence-electron chi connectivity index (χ1n) is 29.1. The molecule has 0 fully saturated rings. The normalized spacial score (nSPS) is 12.8. The molecule has 0 saturated heterocycles. The number of aliphatic carboxylic acids is 1. The summed E-state index contributed by atoms with van der Waals surface area (Å²) in [7, 11) is 0. The number of rotatable bonds is 51. The van der Waals surface area contributed by atoms with Gasteiger partial charge < -0.3 is 14.6 Å². The van der Waals surface area contributed by atoms with Crippen molar-refractivity contribution in [2.24, 2.45) is 0 Å². The van der Waals surface area contributed by atoms with Crippen molar-refractivity contribution >= 4 is 5.97 Å². The van der Waals surface area contributed by atoms with Crippen LogP contribution in [0.4, 0.5) is 0 Å². The van der Waals surface area contributed by atoms with E-state index in [1.54, 1.807) is 0 Å². The molecule has 0 amide bonds. The zero-order chi connectivity index (χ0) is 47.7. The third kappa shape index (κ3) is 34.7. The highest BCUT2D eigenvalue weighted by molar-refractivity contribution is 5.81. The summed E-state index contributed by atoms with van der Waals surface area (Å²) in [5, 5.41) is 10.8. The van der Waals surface area contributed by atoms with Crippen molar-refractivity contribution in [1.29, 1.82) is 0 Å². The Kier molecular flexibility index (Phi) is 44.3. The van der Waals surface area contributed by atoms with Gasteiger partial charge in [-0.3, -0.25) is 4.79 Å². The highest BCUT2D eigenvalue weighted by atomic mass is 16.5. The molecule has 0 aliphatic rings. The highest BCUT2D eigenvalue weighted by Crippen LogP contribution is 2.39. The quantitative estimate of drug-likeness (QED) is 0.0523. The van der Waals surface area contributed by atoms with Crippen molar-refractivity contribution in [3.63, 3.8) is 0 Å². The summed E-state index contributed by atoms with van der Waals surface area (Å²) in [5.74, 6) is 0.757. The second-order valence-corrected chi connectivity index (χ2v) is 20.0. The van der Waals surface area contributed by atoms with Crippen molar-refractivity contribution in [2.45, 2.75) is 303 Å². The molecule has 0 aliphatic heterocycles. The van der Waals surface area contributed by atoms with Crippen LogP contribution in [0.3, 0.4) is 0 Å². The van der Waals surface area contributed by atoms with Gasteiger partial charge in [-0.15, -0.1) is 0 Å². The predicted molar refractivity (Wildman–Crippen MR) is 291 cm³/mol. The fraction of sp³-hybridized carbons (Fsp3) is 0.790. The lowest BCUT2D eigenvalue weighted by atomic mass is 9.74. The smallest absolute Gasteiger partial charge is 0.314 e. The highest BCUT2D eigenvalue weighted by Gasteiger charge is 2.38. The summed E-state index contributed by atoms with van der Waals surface area (Å²) in [6.45, 7) is 10.2. The molecular formula is C62H110O4. The SMILES string of the molecule is CCCCCCCCC=CCCCCCCCCOc1ccc(C(CC)(CCCCCCC=CCCCCCCCC)C(=O)O)cc1OCCCCCCCCC=CCCCCCCCC. The Balaban J connectivity index is 2.61. The van der Waals surface area contributed by atoms with Crippen LogP contribution in [0, 0.1) is 0 Å². The van der Waals surface area contributed by atoms with Gasteiger partial charge in [0, 0.05) is 0 Å². The monoisotopic (exact) mass is 919 g/mol. The van der Waals surface area contributed by atoms with E-state index in [9.17, 15) is 9.90 Å². The fourth-order valence-corrected chi connectivity index (χ4v) is 9.33. The number of hydrogen-bond acceptors (Lipinski definition) is 3. The number of benzene rings is 1. The number of carboxylic acid groups (broad SMARTS) is 1. The van der Waals surface area contributed by atoms with Crippen molar-refractivity contribution in [2.75, 3.05) is 13.2 Å². The van der Waals surface area contributed by atoms with E-state index in [-0.39, 0.29) is 0 Å². The Morgan fingerprint density at radius 3 is 1.05 bits per heavy atom. The lowest BCUT2D eigenvalue weighted by Crippen LogP contribution is -2.35. The van der Waals surface area contributed by atoms with Gasteiger partial charge in [0.25, 0.3) is 0 Å². The number of allylic oxidation sites excluding steroid dienone is 6. The van der Waals surface area contributed by atoms with Crippen LogP contribution in [0.5, 0.6) is 11.5 Å². The first kappa shape index (κ1) is 61.5. The van der Waals surface area contributed by atoms with Crippen LogP contribution in [0.25, 0.3) is 0 Å². The maximum atomic E-state index is 13.1. The molecule has 1 aromatic rings. The first-order chi connectivity index (χ1) is 32.6. The molecule has 66 heavy (non-hydrogen) atoms. The van der Waals surface area contributed by atoms with Crippen LogP contribution in [-0.4, -0.2) is 24.3 Å². The minimum atomic E-state index is -0.916. The third-order valence-electron chi connectivity index (χ3n) is 14.0. The summed E-state index contributed by atoms with van der Waals surface area (Å²) in [5.41, 5.74) is -0.0587. The lowest BCUT2D eigenvalue weighted by molar-refractivity contribution is -0.144. The second-order valence-electron chi connectivity index (χ2n) is 20.0. The second kappa shape index (κ2) is 47.6. The molecule has 1 aromatic carbocycles. The molecule has 1 rings (SSSR count). The van der Waals surface area contributed by atoms with E-state index < -0.39 is 11.4 Å². The molecule has 0 aliphatic carbocycles. The van der Waals surface area contributed by atoms with Crippen molar-refractivity contribution in [3.8, 4) is 11.5 Å². The van der Waals surface area contributed by atoms with Crippen molar-refractivity contribution in [1.82, 2.24) is 0 Å². The Morgan fingerprint density at radius 1 is 0.409 bits per heavy atom. The summed E-state index contributed by atoms with van der Waals surface area (Å²) in [6, 6.07) is 6.03. The molecule has 0 spiro atoms. The zero-order valence-electron chi connectivity index (χ0n) is 44.5. The standard InChI is InChI=1S/C62H110O4/c1-5-9-12-15-18-21-24-27-30-32-35-38-41-44-47-50-55-65-59-53-52-58(57-60(59)66-56-51-48-45-42-39-36-33-31-28-25-22-19-16-13-10-6-2)62(8-4,61(63)64)54-49-46-43-40-37-34-29-26-23-20-17-14-11-7-3/h27-31,34,52-53,57H,5-26,32-33,35-51,54-56H2,1-4H3,(H,63,64). The van der Waals surface area contributed by atoms with Crippen LogP contribution < -0.4 is 9.47 Å².